The molecule has 0 saturated carbocycles. The van der Waals surface area contributed by atoms with Crippen LogP contribution in [-0.4, -0.2) is 44.3 Å². The van der Waals surface area contributed by atoms with Crippen molar-refractivity contribution in [1.29, 1.82) is 0 Å². The van der Waals surface area contributed by atoms with Gasteiger partial charge in [-0.15, -0.1) is 0 Å². The molecule has 0 aromatic rings. The van der Waals surface area contributed by atoms with Gasteiger partial charge in [-0.1, -0.05) is 13.3 Å². The third-order valence-corrected chi connectivity index (χ3v) is 2.76. The van der Waals surface area contributed by atoms with Gasteiger partial charge >= 0.3 is 6.09 Å². The fourth-order valence-corrected chi connectivity index (χ4v) is 1.77. The molecule has 0 spiro atoms. The second-order valence-electron chi connectivity index (χ2n) is 4.13. The molecular weight excluding hydrogens is 192 g/mol. The molecule has 1 aliphatic heterocycles. The summed E-state index contributed by atoms with van der Waals surface area (Å²) >= 11 is 0. The molecule has 1 N–H and O–H groups in total. The Morgan fingerprint density at radius 3 is 3.07 bits per heavy atom. The van der Waals surface area contributed by atoms with E-state index in [1.54, 1.807) is 0 Å². The summed E-state index contributed by atoms with van der Waals surface area (Å²) in [6.45, 7) is 5.41. The number of ether oxygens (including phenoxy) is 1. The average molecular weight is 214 g/mol. The zero-order chi connectivity index (χ0) is 11.1. The molecule has 0 radical (unpaired) electrons. The van der Waals surface area contributed by atoms with E-state index in [9.17, 15) is 4.79 Å². The molecule has 1 rings (SSSR count). The second-order valence-corrected chi connectivity index (χ2v) is 4.13. The predicted octanol–water partition coefficient (Wildman–Crippen LogP) is 1.46. The van der Waals surface area contributed by atoms with Crippen LogP contribution in [0.3, 0.4) is 0 Å². The summed E-state index contributed by atoms with van der Waals surface area (Å²) in [5.41, 5.74) is 0. The molecule has 0 aromatic heterocycles. The topological polar surface area (TPSA) is 41.6 Å². The summed E-state index contributed by atoms with van der Waals surface area (Å²) in [5.74, 6) is 0.493. The van der Waals surface area contributed by atoms with Gasteiger partial charge in [0, 0.05) is 19.0 Å². The monoisotopic (exact) mass is 214 g/mol. The van der Waals surface area contributed by atoms with Gasteiger partial charge in [-0.25, -0.2) is 4.79 Å². The maximum absolute atomic E-state index is 11.4. The van der Waals surface area contributed by atoms with Crippen molar-refractivity contribution in [2.45, 2.75) is 26.2 Å². The summed E-state index contributed by atoms with van der Waals surface area (Å²) in [6.07, 6.45) is 3.12. The Balaban J connectivity index is 2.31. The maximum atomic E-state index is 11.4. The van der Waals surface area contributed by atoms with Gasteiger partial charge in [-0.2, -0.15) is 0 Å². The van der Waals surface area contributed by atoms with Crippen LogP contribution in [0.1, 0.15) is 26.2 Å². The van der Waals surface area contributed by atoms with Crippen LogP contribution in [0.15, 0.2) is 0 Å². The fraction of sp³-hybridized carbons (Fsp3) is 0.909. The molecule has 1 fully saturated rings. The van der Waals surface area contributed by atoms with Crippen molar-refractivity contribution >= 4 is 6.09 Å². The molecule has 4 nitrogen and oxygen atoms in total. The average Bonchev–Trinajstić information content (AvgIpc) is 2.26. The van der Waals surface area contributed by atoms with Crippen LogP contribution in [-0.2, 0) is 4.74 Å². The van der Waals surface area contributed by atoms with E-state index in [1.807, 2.05) is 11.9 Å². The van der Waals surface area contributed by atoms with Crippen molar-refractivity contribution < 1.29 is 9.53 Å². The van der Waals surface area contributed by atoms with E-state index in [-0.39, 0.29) is 6.09 Å². The molecule has 1 unspecified atom stereocenters. The number of carbonyl (C=O) groups excluding carboxylic acids is 1. The molecule has 0 aliphatic carbocycles. The zero-order valence-corrected chi connectivity index (χ0v) is 9.79. The van der Waals surface area contributed by atoms with Gasteiger partial charge in [-0.05, 0) is 26.4 Å². The lowest BCUT2D eigenvalue weighted by molar-refractivity contribution is 0.0406. The SMILES string of the molecule is CCCCN1CC(CCNC)COC1=O. The number of carbonyl (C=O) groups is 1. The first kappa shape index (κ1) is 12.3. The van der Waals surface area contributed by atoms with E-state index >= 15 is 0 Å². The Hall–Kier alpha value is -0.770. The number of amides is 1. The second kappa shape index (κ2) is 6.67. The highest BCUT2D eigenvalue weighted by Gasteiger charge is 2.25. The largest absolute Gasteiger partial charge is 0.449 e. The molecule has 1 saturated heterocycles. The van der Waals surface area contributed by atoms with Crippen molar-refractivity contribution in [3.05, 3.63) is 0 Å². The van der Waals surface area contributed by atoms with E-state index in [2.05, 4.69) is 12.2 Å². The molecule has 4 heteroatoms. The molecule has 1 atom stereocenters. The molecule has 1 aliphatic rings. The summed E-state index contributed by atoms with van der Waals surface area (Å²) in [4.78, 5) is 13.2. The maximum Gasteiger partial charge on any atom is 0.409 e. The fourth-order valence-electron chi connectivity index (χ4n) is 1.77. The van der Waals surface area contributed by atoms with Crippen LogP contribution < -0.4 is 5.32 Å². The molecule has 88 valence electrons. The summed E-state index contributed by atoms with van der Waals surface area (Å²) < 4.78 is 5.16. The van der Waals surface area contributed by atoms with Gasteiger partial charge in [0.05, 0.1) is 6.61 Å². The normalized spacial score (nSPS) is 21.6. The van der Waals surface area contributed by atoms with Gasteiger partial charge in [0.15, 0.2) is 0 Å². The molecule has 0 bridgehead atoms. The van der Waals surface area contributed by atoms with Crippen molar-refractivity contribution in [1.82, 2.24) is 10.2 Å². The van der Waals surface area contributed by atoms with E-state index in [1.165, 1.54) is 0 Å². The van der Waals surface area contributed by atoms with Crippen molar-refractivity contribution in [3.63, 3.8) is 0 Å². The van der Waals surface area contributed by atoms with Crippen molar-refractivity contribution in [3.8, 4) is 0 Å². The first-order chi connectivity index (χ1) is 7.27. The van der Waals surface area contributed by atoms with Crippen molar-refractivity contribution in [2.75, 3.05) is 33.3 Å². The van der Waals surface area contributed by atoms with Gasteiger partial charge < -0.3 is 15.0 Å². The molecule has 1 heterocycles. The minimum atomic E-state index is -0.135. The smallest absolute Gasteiger partial charge is 0.409 e. The minimum Gasteiger partial charge on any atom is -0.449 e. The van der Waals surface area contributed by atoms with Crippen molar-refractivity contribution in [2.24, 2.45) is 5.92 Å². The van der Waals surface area contributed by atoms with E-state index in [0.29, 0.717) is 12.5 Å². The number of cyclic esters (lactones) is 1. The van der Waals surface area contributed by atoms with E-state index < -0.39 is 0 Å². The van der Waals surface area contributed by atoms with Crippen LogP contribution in [0.2, 0.25) is 0 Å². The van der Waals surface area contributed by atoms with Crippen LogP contribution in [0.5, 0.6) is 0 Å². The first-order valence-electron chi connectivity index (χ1n) is 5.84. The molecular formula is C11H22N2O2. The van der Waals surface area contributed by atoms with Gasteiger partial charge in [0.25, 0.3) is 0 Å². The Bertz CT molecular complexity index is 197. The van der Waals surface area contributed by atoms with Crippen LogP contribution in [0.4, 0.5) is 4.79 Å². The van der Waals surface area contributed by atoms with Gasteiger partial charge in [-0.3, -0.25) is 0 Å². The summed E-state index contributed by atoms with van der Waals surface area (Å²) in [7, 11) is 1.95. The first-order valence-corrected chi connectivity index (χ1v) is 5.84. The Morgan fingerprint density at radius 1 is 1.60 bits per heavy atom. The Labute approximate surface area is 92.0 Å². The standard InChI is InChI=1S/C11H22N2O2/c1-3-4-7-13-8-10(5-6-12-2)9-15-11(13)14/h10,12H,3-9H2,1-2H3. The van der Waals surface area contributed by atoms with Gasteiger partial charge in [0.2, 0.25) is 0 Å². The number of nitrogens with one attached hydrogen (secondary N) is 1. The summed E-state index contributed by atoms with van der Waals surface area (Å²) in [5, 5.41) is 3.13. The lowest BCUT2D eigenvalue weighted by Crippen LogP contribution is -2.44. The number of hydrogen-bond acceptors (Lipinski definition) is 3. The Morgan fingerprint density at radius 2 is 2.40 bits per heavy atom. The van der Waals surface area contributed by atoms with Crippen LogP contribution in [0, 0.1) is 5.92 Å². The molecule has 15 heavy (non-hydrogen) atoms. The number of rotatable bonds is 6. The predicted molar refractivity (Wildman–Crippen MR) is 59.9 cm³/mol. The number of unbranched alkanes of at least 4 members (excludes halogenated alkanes) is 1. The quantitative estimate of drug-likeness (QED) is 0.728. The van der Waals surface area contributed by atoms with E-state index in [0.717, 1.165) is 38.9 Å². The lowest BCUT2D eigenvalue weighted by atomic mass is 10.0. The van der Waals surface area contributed by atoms with E-state index in [4.69, 9.17) is 4.74 Å². The van der Waals surface area contributed by atoms with Gasteiger partial charge in [0.1, 0.15) is 0 Å². The third-order valence-electron chi connectivity index (χ3n) is 2.76. The van der Waals surface area contributed by atoms with Crippen LogP contribution >= 0.6 is 0 Å². The highest BCUT2D eigenvalue weighted by molar-refractivity contribution is 5.68. The van der Waals surface area contributed by atoms with Crippen LogP contribution in [0.25, 0.3) is 0 Å². The minimum absolute atomic E-state index is 0.135. The highest BCUT2D eigenvalue weighted by Crippen LogP contribution is 2.14. The molecule has 0 aromatic carbocycles. The summed E-state index contributed by atoms with van der Waals surface area (Å²) in [6, 6.07) is 0. The third kappa shape index (κ3) is 4.08. The molecule has 1 amide bonds. The Kier molecular flexibility index (Phi) is 5.47. The lowest BCUT2D eigenvalue weighted by Gasteiger charge is -2.32. The number of hydrogen-bond donors (Lipinski definition) is 1. The number of nitrogens with zero attached hydrogens (tertiary/aromatic N) is 1. The zero-order valence-electron chi connectivity index (χ0n) is 9.79. The highest BCUT2D eigenvalue weighted by atomic mass is 16.6.